The fourth-order valence-electron chi connectivity index (χ4n) is 3.73. The van der Waals surface area contributed by atoms with Crippen molar-refractivity contribution in [3.8, 4) is 22.4 Å². The number of nitrogens with zero attached hydrogens (tertiary/aromatic N) is 5. The SMILES string of the molecule is CN(c1nc2nnc(-c3cc(F)c(-c4cn[nH]c4)cc3F)cc2s1)C1CCNCC1.O=CO. The van der Waals surface area contributed by atoms with E-state index in [1.54, 1.807) is 6.07 Å². The molecule has 172 valence electrons. The third-order valence-electron chi connectivity index (χ3n) is 5.44. The first-order valence-corrected chi connectivity index (χ1v) is 11.0. The molecule has 0 aliphatic carbocycles. The quantitative estimate of drug-likeness (QED) is 0.386. The number of hydrogen-bond acceptors (Lipinski definition) is 8. The van der Waals surface area contributed by atoms with E-state index in [0.29, 0.717) is 17.3 Å². The topological polar surface area (TPSA) is 120 Å². The molecule has 1 aromatic carbocycles. The van der Waals surface area contributed by atoms with Gasteiger partial charge in [-0.2, -0.15) is 10.1 Å². The van der Waals surface area contributed by atoms with Crippen molar-refractivity contribution >= 4 is 33.3 Å². The van der Waals surface area contributed by atoms with Gasteiger partial charge in [0.25, 0.3) is 6.47 Å². The molecule has 9 nitrogen and oxygen atoms in total. The minimum Gasteiger partial charge on any atom is -0.483 e. The lowest BCUT2D eigenvalue weighted by atomic mass is 10.0. The standard InChI is InChI=1S/C20H19F2N7S.CH2O2/c1-29(12-2-4-23-5-3-12)20-26-19-18(30-20)8-17(27-28-19)14-7-15(21)13(6-16(14)22)11-9-24-25-10-11;2-1-3/h6-10,12,23H,2-5H2,1H3,(H,24,25);1H,(H,2,3). The predicted molar refractivity (Wildman–Crippen MR) is 121 cm³/mol. The number of nitrogens with one attached hydrogen (secondary N) is 2. The van der Waals surface area contributed by atoms with Crippen LogP contribution in [0.2, 0.25) is 0 Å². The molecule has 1 fully saturated rings. The van der Waals surface area contributed by atoms with Gasteiger partial charge in [0.05, 0.1) is 16.6 Å². The van der Waals surface area contributed by atoms with Crippen molar-refractivity contribution in [2.75, 3.05) is 25.0 Å². The van der Waals surface area contributed by atoms with Gasteiger partial charge in [-0.15, -0.1) is 10.2 Å². The molecule has 3 N–H and O–H groups in total. The number of fused-ring (bicyclic) bond motifs is 1. The number of hydrogen-bond donors (Lipinski definition) is 3. The second-order valence-electron chi connectivity index (χ2n) is 7.41. The number of halogens is 2. The molecule has 1 aliphatic heterocycles. The van der Waals surface area contributed by atoms with Crippen LogP contribution in [-0.2, 0) is 4.79 Å². The molecule has 0 spiro atoms. The molecule has 1 saturated heterocycles. The summed E-state index contributed by atoms with van der Waals surface area (Å²) in [6.07, 6.45) is 5.07. The number of anilines is 1. The van der Waals surface area contributed by atoms with E-state index < -0.39 is 11.6 Å². The second-order valence-corrected chi connectivity index (χ2v) is 8.42. The first-order chi connectivity index (χ1) is 16.0. The third-order valence-corrected chi connectivity index (χ3v) is 6.53. The Morgan fingerprint density at radius 3 is 2.55 bits per heavy atom. The van der Waals surface area contributed by atoms with Crippen LogP contribution in [0.5, 0.6) is 0 Å². The van der Waals surface area contributed by atoms with E-state index in [2.05, 4.69) is 35.6 Å². The van der Waals surface area contributed by atoms with Gasteiger partial charge in [-0.05, 0) is 44.1 Å². The van der Waals surface area contributed by atoms with Crippen molar-refractivity contribution in [1.82, 2.24) is 30.7 Å². The maximum Gasteiger partial charge on any atom is 0.290 e. The summed E-state index contributed by atoms with van der Waals surface area (Å²) in [6.45, 7) is 1.73. The maximum atomic E-state index is 14.8. The Kier molecular flexibility index (Phi) is 6.84. The minimum absolute atomic E-state index is 0.0656. The number of carbonyl (C=O) groups is 1. The molecule has 5 rings (SSSR count). The molecule has 0 radical (unpaired) electrons. The summed E-state index contributed by atoms with van der Waals surface area (Å²) in [5, 5.41) is 25.7. The first kappa shape index (κ1) is 22.7. The Balaban J connectivity index is 0.000000821. The van der Waals surface area contributed by atoms with E-state index in [-0.39, 0.29) is 23.3 Å². The third kappa shape index (κ3) is 4.81. The van der Waals surface area contributed by atoms with Crippen LogP contribution in [0, 0.1) is 11.6 Å². The smallest absolute Gasteiger partial charge is 0.290 e. The van der Waals surface area contributed by atoms with Gasteiger partial charge in [-0.3, -0.25) is 9.89 Å². The van der Waals surface area contributed by atoms with Gasteiger partial charge in [-0.1, -0.05) is 11.3 Å². The van der Waals surface area contributed by atoms with Gasteiger partial charge in [0.1, 0.15) is 11.6 Å². The van der Waals surface area contributed by atoms with Crippen LogP contribution in [-0.4, -0.2) is 63.1 Å². The van der Waals surface area contributed by atoms with Gasteiger partial charge in [-0.25, -0.2) is 8.78 Å². The molecule has 0 saturated carbocycles. The van der Waals surface area contributed by atoms with Crippen molar-refractivity contribution in [3.63, 3.8) is 0 Å². The molecule has 33 heavy (non-hydrogen) atoms. The normalized spacial score (nSPS) is 14.0. The Hall–Kier alpha value is -3.51. The second kappa shape index (κ2) is 9.96. The van der Waals surface area contributed by atoms with Crippen molar-refractivity contribution in [1.29, 1.82) is 0 Å². The fourth-order valence-corrected chi connectivity index (χ4v) is 4.70. The molecular weight excluding hydrogens is 452 g/mol. The predicted octanol–water partition coefficient (Wildman–Crippen LogP) is 3.31. The van der Waals surface area contributed by atoms with Gasteiger partial charge in [0.2, 0.25) is 0 Å². The molecule has 0 amide bonds. The minimum atomic E-state index is -0.571. The van der Waals surface area contributed by atoms with E-state index in [9.17, 15) is 8.78 Å². The maximum absolute atomic E-state index is 14.8. The van der Waals surface area contributed by atoms with E-state index in [1.165, 1.54) is 23.7 Å². The van der Waals surface area contributed by atoms with Crippen molar-refractivity contribution in [3.05, 3.63) is 42.2 Å². The van der Waals surface area contributed by atoms with E-state index in [4.69, 9.17) is 9.90 Å². The lowest BCUT2D eigenvalue weighted by Crippen LogP contribution is -2.41. The van der Waals surface area contributed by atoms with Crippen LogP contribution < -0.4 is 10.2 Å². The number of piperidine rings is 1. The number of H-pyrrole nitrogens is 1. The van der Waals surface area contributed by atoms with Crippen molar-refractivity contribution in [2.24, 2.45) is 0 Å². The van der Waals surface area contributed by atoms with Gasteiger partial charge < -0.3 is 15.3 Å². The zero-order valence-corrected chi connectivity index (χ0v) is 18.4. The summed E-state index contributed by atoms with van der Waals surface area (Å²) >= 11 is 1.48. The highest BCUT2D eigenvalue weighted by Gasteiger charge is 2.22. The average Bonchev–Trinajstić information content (AvgIpc) is 3.50. The zero-order valence-electron chi connectivity index (χ0n) is 17.6. The van der Waals surface area contributed by atoms with E-state index in [1.807, 2.05) is 7.05 Å². The number of aromatic nitrogens is 5. The molecule has 0 atom stereocenters. The Morgan fingerprint density at radius 1 is 1.15 bits per heavy atom. The number of benzene rings is 1. The average molecular weight is 474 g/mol. The first-order valence-electron chi connectivity index (χ1n) is 10.2. The summed E-state index contributed by atoms with van der Waals surface area (Å²) in [5.41, 5.74) is 1.47. The lowest BCUT2D eigenvalue weighted by molar-refractivity contribution is -0.122. The number of rotatable bonds is 4. The van der Waals surface area contributed by atoms with Gasteiger partial charge in [0.15, 0.2) is 10.8 Å². The molecule has 0 unspecified atom stereocenters. The molecule has 12 heteroatoms. The molecule has 0 bridgehead atoms. The molecule has 3 aromatic heterocycles. The van der Waals surface area contributed by atoms with Crippen molar-refractivity contribution < 1.29 is 18.7 Å². The number of thiazole rings is 1. The monoisotopic (exact) mass is 473 g/mol. The zero-order chi connectivity index (χ0) is 23.4. The van der Waals surface area contributed by atoms with Crippen LogP contribution in [0.3, 0.4) is 0 Å². The van der Waals surface area contributed by atoms with Crippen LogP contribution in [0.4, 0.5) is 13.9 Å². The molecular formula is C21H21F2N7O2S. The van der Waals surface area contributed by atoms with E-state index >= 15 is 0 Å². The molecule has 1 aliphatic rings. The number of carboxylic acid groups (broad SMARTS) is 1. The summed E-state index contributed by atoms with van der Waals surface area (Å²) in [7, 11) is 2.03. The lowest BCUT2D eigenvalue weighted by Gasteiger charge is -2.31. The van der Waals surface area contributed by atoms with Crippen LogP contribution in [0.1, 0.15) is 12.8 Å². The molecule has 4 heterocycles. The largest absolute Gasteiger partial charge is 0.483 e. The Bertz CT molecular complexity index is 1240. The molecule has 4 aromatic rings. The Morgan fingerprint density at radius 2 is 1.85 bits per heavy atom. The van der Waals surface area contributed by atoms with Gasteiger partial charge >= 0.3 is 0 Å². The Labute approximate surface area is 191 Å². The van der Waals surface area contributed by atoms with Gasteiger partial charge in [0, 0.05) is 36.0 Å². The highest BCUT2D eigenvalue weighted by Crippen LogP contribution is 2.33. The highest BCUT2D eigenvalue weighted by atomic mass is 32.1. The van der Waals surface area contributed by atoms with Crippen molar-refractivity contribution in [2.45, 2.75) is 18.9 Å². The van der Waals surface area contributed by atoms with E-state index in [0.717, 1.165) is 47.9 Å². The summed E-state index contributed by atoms with van der Waals surface area (Å²) in [6, 6.07) is 4.44. The highest BCUT2D eigenvalue weighted by molar-refractivity contribution is 7.22. The van der Waals surface area contributed by atoms with Crippen LogP contribution >= 0.6 is 11.3 Å². The summed E-state index contributed by atoms with van der Waals surface area (Å²) in [4.78, 5) is 15.1. The summed E-state index contributed by atoms with van der Waals surface area (Å²) < 4.78 is 30.2. The number of aromatic amines is 1. The summed E-state index contributed by atoms with van der Waals surface area (Å²) in [5.74, 6) is -1.12. The van der Waals surface area contributed by atoms with Crippen LogP contribution in [0.15, 0.2) is 30.6 Å². The fraction of sp³-hybridized carbons (Fsp3) is 0.286. The van der Waals surface area contributed by atoms with Crippen LogP contribution in [0.25, 0.3) is 32.7 Å².